The highest BCUT2D eigenvalue weighted by Crippen LogP contribution is 2.12. The van der Waals surface area contributed by atoms with Gasteiger partial charge in [-0.15, -0.1) is 0 Å². The molecule has 0 unspecified atom stereocenters. The van der Waals surface area contributed by atoms with Gasteiger partial charge in [-0.25, -0.2) is 9.59 Å². The molecule has 21 heavy (non-hydrogen) atoms. The predicted molar refractivity (Wildman–Crippen MR) is 81.3 cm³/mol. The first-order valence-electron chi connectivity index (χ1n) is 6.62. The lowest BCUT2D eigenvalue weighted by Gasteiger charge is -2.21. The van der Waals surface area contributed by atoms with Gasteiger partial charge in [0.15, 0.2) is 0 Å². The molecule has 0 saturated heterocycles. The zero-order valence-electron chi connectivity index (χ0n) is 12.2. The zero-order chi connectivity index (χ0) is 15.7. The molecule has 0 saturated carbocycles. The number of nitrogens with zero attached hydrogens (tertiary/aromatic N) is 1. The number of hydrogen-bond acceptors (Lipinski definition) is 3. The second kappa shape index (κ2) is 8.76. The molecule has 6 nitrogen and oxygen atoms in total. The van der Waals surface area contributed by atoms with E-state index in [1.54, 1.807) is 36.3 Å². The number of carboxylic acids is 1. The minimum Gasteiger partial charge on any atom is -0.478 e. The van der Waals surface area contributed by atoms with Crippen molar-refractivity contribution in [3.05, 3.63) is 35.9 Å². The number of benzene rings is 1. The molecule has 0 spiro atoms. The monoisotopic (exact) mass is 292 g/mol. The highest BCUT2D eigenvalue weighted by molar-refractivity contribution is 5.90. The number of carboxylic acid groups (broad SMARTS) is 1. The summed E-state index contributed by atoms with van der Waals surface area (Å²) >= 11 is 0. The Morgan fingerprint density at radius 1 is 1.43 bits per heavy atom. The van der Waals surface area contributed by atoms with E-state index in [2.05, 4.69) is 5.32 Å². The third kappa shape index (κ3) is 6.09. The van der Waals surface area contributed by atoms with Crippen LogP contribution in [0.3, 0.4) is 0 Å². The number of anilines is 1. The van der Waals surface area contributed by atoms with Crippen molar-refractivity contribution in [3.8, 4) is 0 Å². The lowest BCUT2D eigenvalue weighted by Crippen LogP contribution is -2.37. The quantitative estimate of drug-likeness (QED) is 0.756. The minimum absolute atomic E-state index is 0.214. The van der Waals surface area contributed by atoms with Gasteiger partial charge in [-0.3, -0.25) is 0 Å². The normalized spacial score (nSPS) is 10.6. The van der Waals surface area contributed by atoms with E-state index in [1.165, 1.54) is 6.08 Å². The molecular formula is C15H20N2O4. The lowest BCUT2D eigenvalue weighted by atomic mass is 10.2. The van der Waals surface area contributed by atoms with Crippen molar-refractivity contribution in [2.75, 3.05) is 32.1 Å². The summed E-state index contributed by atoms with van der Waals surface area (Å²) in [6, 6.07) is 6.76. The minimum atomic E-state index is -1.01. The first kappa shape index (κ1) is 16.7. The number of methoxy groups -OCH3 is 1. The van der Waals surface area contributed by atoms with E-state index < -0.39 is 5.97 Å². The topological polar surface area (TPSA) is 78.9 Å². The highest BCUT2D eigenvalue weighted by atomic mass is 16.5. The Morgan fingerprint density at radius 2 is 2.19 bits per heavy atom. The maximum Gasteiger partial charge on any atom is 0.328 e. The molecule has 1 rings (SSSR count). The van der Waals surface area contributed by atoms with Gasteiger partial charge in [0.25, 0.3) is 0 Å². The Kier molecular flexibility index (Phi) is 6.97. The average molecular weight is 292 g/mol. The molecule has 0 aliphatic carbocycles. The van der Waals surface area contributed by atoms with Crippen molar-refractivity contribution in [2.45, 2.75) is 6.92 Å². The van der Waals surface area contributed by atoms with E-state index >= 15 is 0 Å². The molecule has 114 valence electrons. The largest absolute Gasteiger partial charge is 0.478 e. The van der Waals surface area contributed by atoms with Crippen molar-refractivity contribution in [3.63, 3.8) is 0 Å². The van der Waals surface area contributed by atoms with Crippen LogP contribution in [0.1, 0.15) is 12.5 Å². The van der Waals surface area contributed by atoms with Crippen LogP contribution in [0.25, 0.3) is 6.08 Å². The van der Waals surface area contributed by atoms with Crippen LogP contribution in [0, 0.1) is 0 Å². The number of aliphatic carboxylic acids is 1. The van der Waals surface area contributed by atoms with Crippen molar-refractivity contribution < 1.29 is 19.4 Å². The molecule has 0 aromatic heterocycles. The predicted octanol–water partition coefficient (Wildman–Crippen LogP) is 2.28. The maximum absolute atomic E-state index is 12.1. The summed E-state index contributed by atoms with van der Waals surface area (Å²) in [5.41, 5.74) is 1.32. The number of urea groups is 1. The van der Waals surface area contributed by atoms with Gasteiger partial charge in [0.1, 0.15) is 0 Å². The van der Waals surface area contributed by atoms with Crippen molar-refractivity contribution >= 4 is 23.8 Å². The van der Waals surface area contributed by atoms with Crippen LogP contribution in [0.5, 0.6) is 0 Å². The third-order valence-corrected chi connectivity index (χ3v) is 2.79. The fourth-order valence-corrected chi connectivity index (χ4v) is 1.69. The molecule has 0 aliphatic rings. The van der Waals surface area contributed by atoms with Gasteiger partial charge in [-0.05, 0) is 30.7 Å². The number of ether oxygens (including phenoxy) is 1. The van der Waals surface area contributed by atoms with Gasteiger partial charge < -0.3 is 20.1 Å². The van der Waals surface area contributed by atoms with E-state index in [1.807, 2.05) is 6.92 Å². The van der Waals surface area contributed by atoms with Crippen molar-refractivity contribution in [1.82, 2.24) is 4.90 Å². The maximum atomic E-state index is 12.1. The molecule has 0 bridgehead atoms. The summed E-state index contributed by atoms with van der Waals surface area (Å²) in [5, 5.41) is 11.4. The van der Waals surface area contributed by atoms with Gasteiger partial charge in [0.05, 0.1) is 6.61 Å². The summed E-state index contributed by atoms with van der Waals surface area (Å²) in [7, 11) is 1.59. The Labute approximate surface area is 124 Å². The Balaban J connectivity index is 2.71. The summed E-state index contributed by atoms with van der Waals surface area (Å²) in [5.74, 6) is -1.01. The summed E-state index contributed by atoms with van der Waals surface area (Å²) in [4.78, 5) is 24.2. The second-order valence-electron chi connectivity index (χ2n) is 4.30. The van der Waals surface area contributed by atoms with E-state index in [9.17, 15) is 9.59 Å². The fourth-order valence-electron chi connectivity index (χ4n) is 1.69. The number of hydrogen-bond donors (Lipinski definition) is 2. The Morgan fingerprint density at radius 3 is 2.81 bits per heavy atom. The Bertz CT molecular complexity index is 514. The number of nitrogens with one attached hydrogen (secondary N) is 1. The van der Waals surface area contributed by atoms with Gasteiger partial charge in [0, 0.05) is 32.0 Å². The molecule has 0 fully saturated rings. The highest BCUT2D eigenvalue weighted by Gasteiger charge is 2.11. The molecule has 0 aliphatic heterocycles. The van der Waals surface area contributed by atoms with E-state index in [0.717, 1.165) is 6.08 Å². The van der Waals surface area contributed by atoms with E-state index in [0.29, 0.717) is 30.9 Å². The van der Waals surface area contributed by atoms with Crippen LogP contribution in [-0.4, -0.2) is 48.8 Å². The number of rotatable bonds is 7. The standard InChI is InChI=1S/C15H20N2O4/c1-3-17(9-10-21-2)15(20)16-13-6-4-5-12(11-13)7-8-14(18)19/h4-8,11H,3,9-10H2,1-2H3,(H,16,20)(H,18,19)/b8-7+. The first-order chi connectivity index (χ1) is 10.1. The number of amides is 2. The molecule has 0 heterocycles. The van der Waals surface area contributed by atoms with Crippen LogP contribution < -0.4 is 5.32 Å². The van der Waals surface area contributed by atoms with Gasteiger partial charge in [-0.2, -0.15) is 0 Å². The number of carbonyl (C=O) groups excluding carboxylic acids is 1. The van der Waals surface area contributed by atoms with Gasteiger partial charge in [0.2, 0.25) is 0 Å². The molecular weight excluding hydrogens is 272 g/mol. The summed E-state index contributed by atoms with van der Waals surface area (Å²) < 4.78 is 4.96. The second-order valence-corrected chi connectivity index (χ2v) is 4.30. The lowest BCUT2D eigenvalue weighted by molar-refractivity contribution is -0.131. The third-order valence-electron chi connectivity index (χ3n) is 2.79. The zero-order valence-corrected chi connectivity index (χ0v) is 12.2. The molecule has 6 heteroatoms. The molecule has 1 aromatic rings. The summed E-state index contributed by atoms with van der Waals surface area (Å²) in [6.07, 6.45) is 2.53. The van der Waals surface area contributed by atoms with Crippen LogP contribution in [-0.2, 0) is 9.53 Å². The SMILES string of the molecule is CCN(CCOC)C(=O)Nc1cccc(/C=C/C(=O)O)c1. The van der Waals surface area contributed by atoms with Crippen LogP contribution in [0.4, 0.5) is 10.5 Å². The van der Waals surface area contributed by atoms with Crippen molar-refractivity contribution in [1.29, 1.82) is 0 Å². The number of likely N-dealkylation sites (N-methyl/N-ethyl adjacent to an activating group) is 1. The molecule has 0 radical (unpaired) electrons. The van der Waals surface area contributed by atoms with Crippen LogP contribution in [0.2, 0.25) is 0 Å². The molecule has 0 atom stereocenters. The molecule has 2 amide bonds. The molecule has 1 aromatic carbocycles. The fraction of sp³-hybridized carbons (Fsp3) is 0.333. The number of carbonyl (C=O) groups is 2. The van der Waals surface area contributed by atoms with E-state index in [4.69, 9.17) is 9.84 Å². The van der Waals surface area contributed by atoms with Gasteiger partial charge in [-0.1, -0.05) is 12.1 Å². The van der Waals surface area contributed by atoms with E-state index in [-0.39, 0.29) is 6.03 Å². The average Bonchev–Trinajstić information content (AvgIpc) is 2.46. The first-order valence-corrected chi connectivity index (χ1v) is 6.62. The smallest absolute Gasteiger partial charge is 0.328 e. The molecule has 2 N–H and O–H groups in total. The summed E-state index contributed by atoms with van der Waals surface area (Å²) in [6.45, 7) is 3.45. The van der Waals surface area contributed by atoms with Gasteiger partial charge >= 0.3 is 12.0 Å². The van der Waals surface area contributed by atoms with Crippen molar-refractivity contribution in [2.24, 2.45) is 0 Å². The van der Waals surface area contributed by atoms with Crippen LogP contribution in [0.15, 0.2) is 30.3 Å². The van der Waals surface area contributed by atoms with Crippen LogP contribution >= 0.6 is 0 Å². The Hall–Kier alpha value is -2.34.